The van der Waals surface area contributed by atoms with Crippen molar-refractivity contribution in [3.05, 3.63) is 53.5 Å². The van der Waals surface area contributed by atoms with Crippen LogP contribution in [0.1, 0.15) is 11.1 Å². The number of nitrogens with zero attached hydrogens (tertiary/aromatic N) is 1. The van der Waals surface area contributed by atoms with Gasteiger partial charge in [0, 0.05) is 6.20 Å². The number of nitrogens with two attached hydrogens (primary N) is 1. The van der Waals surface area contributed by atoms with Crippen LogP contribution in [0.15, 0.2) is 41.6 Å². The van der Waals surface area contributed by atoms with Crippen LogP contribution in [0.4, 0.5) is 10.1 Å². The second-order valence-corrected chi connectivity index (χ2v) is 6.13. The molecule has 0 aliphatic heterocycles. The lowest BCUT2D eigenvalue weighted by atomic mass is 10.1. The van der Waals surface area contributed by atoms with E-state index in [2.05, 4.69) is 4.98 Å². The van der Waals surface area contributed by atoms with Crippen molar-refractivity contribution in [1.82, 2.24) is 4.98 Å². The fourth-order valence-electron chi connectivity index (χ4n) is 1.76. The topological polar surface area (TPSA) is 73.0 Å². The zero-order chi connectivity index (χ0) is 14.0. The molecular formula is C13H13FN2O2S. The highest BCUT2D eigenvalue weighted by atomic mass is 32.2. The first-order chi connectivity index (χ1) is 8.90. The van der Waals surface area contributed by atoms with E-state index in [0.717, 1.165) is 0 Å². The number of aryl methyl sites for hydroxylation is 1. The minimum Gasteiger partial charge on any atom is -0.396 e. The Morgan fingerprint density at radius 1 is 1.32 bits per heavy atom. The monoisotopic (exact) mass is 280 g/mol. The third-order valence-electron chi connectivity index (χ3n) is 2.75. The van der Waals surface area contributed by atoms with Crippen LogP contribution in [0.25, 0.3) is 0 Å². The molecule has 0 saturated heterocycles. The molecule has 0 bridgehead atoms. The standard InChI is InChI=1S/C13H13FN2O2S/c1-9-7-11(14)5-4-10(9)8-19(17,18)13-12(15)3-2-6-16-13/h2-7H,8,15H2,1H3. The summed E-state index contributed by atoms with van der Waals surface area (Å²) in [5, 5.41) is -0.140. The van der Waals surface area contributed by atoms with Crippen LogP contribution in [-0.4, -0.2) is 13.4 Å². The summed E-state index contributed by atoms with van der Waals surface area (Å²) in [5.74, 6) is -0.642. The maximum Gasteiger partial charge on any atom is 0.201 e. The van der Waals surface area contributed by atoms with Crippen molar-refractivity contribution in [2.75, 3.05) is 5.73 Å². The number of aromatic nitrogens is 1. The molecule has 2 N–H and O–H groups in total. The Kier molecular flexibility index (Phi) is 3.53. The van der Waals surface area contributed by atoms with Crippen molar-refractivity contribution >= 4 is 15.5 Å². The Morgan fingerprint density at radius 2 is 2.05 bits per heavy atom. The number of hydrogen-bond acceptors (Lipinski definition) is 4. The van der Waals surface area contributed by atoms with Crippen molar-refractivity contribution in [1.29, 1.82) is 0 Å². The zero-order valence-corrected chi connectivity index (χ0v) is 11.1. The van der Waals surface area contributed by atoms with E-state index in [9.17, 15) is 12.8 Å². The number of rotatable bonds is 3. The fraction of sp³-hybridized carbons (Fsp3) is 0.154. The Hall–Kier alpha value is -1.95. The maximum atomic E-state index is 13.0. The lowest BCUT2D eigenvalue weighted by molar-refractivity contribution is 0.591. The molecule has 0 unspecified atom stereocenters. The molecule has 1 aromatic heterocycles. The van der Waals surface area contributed by atoms with E-state index in [4.69, 9.17) is 5.73 Å². The van der Waals surface area contributed by atoms with Crippen molar-refractivity contribution in [2.45, 2.75) is 17.7 Å². The van der Waals surface area contributed by atoms with Gasteiger partial charge in [-0.15, -0.1) is 0 Å². The number of hydrogen-bond donors (Lipinski definition) is 1. The number of benzene rings is 1. The second kappa shape index (κ2) is 4.97. The van der Waals surface area contributed by atoms with Gasteiger partial charge in [-0.1, -0.05) is 6.07 Å². The van der Waals surface area contributed by atoms with Crippen molar-refractivity contribution < 1.29 is 12.8 Å². The third kappa shape index (κ3) is 2.90. The molecule has 2 rings (SSSR count). The smallest absolute Gasteiger partial charge is 0.201 e. The molecule has 0 atom stereocenters. The Bertz CT molecular complexity index is 714. The van der Waals surface area contributed by atoms with Crippen LogP contribution in [0.2, 0.25) is 0 Å². The van der Waals surface area contributed by atoms with Crippen LogP contribution in [0.5, 0.6) is 0 Å². The molecule has 1 heterocycles. The van der Waals surface area contributed by atoms with E-state index in [1.54, 1.807) is 13.0 Å². The zero-order valence-electron chi connectivity index (χ0n) is 10.3. The van der Waals surface area contributed by atoms with E-state index < -0.39 is 15.7 Å². The quantitative estimate of drug-likeness (QED) is 0.934. The molecule has 0 fully saturated rings. The van der Waals surface area contributed by atoms with Gasteiger partial charge in [0.2, 0.25) is 9.84 Å². The summed E-state index contributed by atoms with van der Waals surface area (Å²) in [4.78, 5) is 3.81. The SMILES string of the molecule is Cc1cc(F)ccc1CS(=O)(=O)c1ncccc1N. The van der Waals surface area contributed by atoms with Crippen molar-refractivity contribution in [3.63, 3.8) is 0 Å². The van der Waals surface area contributed by atoms with E-state index in [1.807, 2.05) is 0 Å². The van der Waals surface area contributed by atoms with Gasteiger partial charge in [-0.05, 0) is 42.3 Å². The van der Waals surface area contributed by atoms with Gasteiger partial charge in [-0.2, -0.15) is 0 Å². The summed E-state index contributed by atoms with van der Waals surface area (Å²) >= 11 is 0. The first-order valence-corrected chi connectivity index (χ1v) is 7.23. The summed E-state index contributed by atoms with van der Waals surface area (Å²) in [5.41, 5.74) is 6.85. The van der Waals surface area contributed by atoms with Gasteiger partial charge in [-0.25, -0.2) is 17.8 Å². The molecule has 100 valence electrons. The summed E-state index contributed by atoms with van der Waals surface area (Å²) < 4.78 is 37.4. The van der Waals surface area contributed by atoms with Crippen LogP contribution in [-0.2, 0) is 15.6 Å². The van der Waals surface area contributed by atoms with Gasteiger partial charge in [0.1, 0.15) is 5.82 Å². The normalized spacial score (nSPS) is 11.5. The van der Waals surface area contributed by atoms with E-state index in [1.165, 1.54) is 30.5 Å². The summed E-state index contributed by atoms with van der Waals surface area (Å²) in [6.45, 7) is 1.66. The molecule has 0 amide bonds. The molecule has 0 saturated carbocycles. The summed E-state index contributed by atoms with van der Waals surface area (Å²) in [6, 6.07) is 7.04. The average molecular weight is 280 g/mol. The minimum atomic E-state index is -3.64. The van der Waals surface area contributed by atoms with Crippen LogP contribution < -0.4 is 5.73 Å². The minimum absolute atomic E-state index is 0.113. The molecule has 0 radical (unpaired) electrons. The molecule has 0 aliphatic rings. The van der Waals surface area contributed by atoms with Gasteiger partial charge >= 0.3 is 0 Å². The van der Waals surface area contributed by atoms with Crippen molar-refractivity contribution in [3.8, 4) is 0 Å². The number of sulfone groups is 1. The number of halogens is 1. The summed E-state index contributed by atoms with van der Waals surface area (Å²) in [6.07, 6.45) is 1.38. The van der Waals surface area contributed by atoms with Crippen LogP contribution in [0.3, 0.4) is 0 Å². The predicted octanol–water partition coefficient (Wildman–Crippen LogP) is 2.09. The van der Waals surface area contributed by atoms with Crippen molar-refractivity contribution in [2.24, 2.45) is 0 Å². The highest BCUT2D eigenvalue weighted by molar-refractivity contribution is 7.90. The van der Waals surface area contributed by atoms with E-state index >= 15 is 0 Å². The summed E-state index contributed by atoms with van der Waals surface area (Å²) in [7, 11) is -3.64. The molecule has 4 nitrogen and oxygen atoms in total. The second-order valence-electron chi connectivity index (χ2n) is 4.23. The Morgan fingerprint density at radius 3 is 2.68 bits per heavy atom. The molecule has 0 spiro atoms. The predicted molar refractivity (Wildman–Crippen MR) is 70.7 cm³/mol. The highest BCUT2D eigenvalue weighted by Gasteiger charge is 2.20. The molecule has 19 heavy (non-hydrogen) atoms. The number of nitrogen functional groups attached to an aromatic ring is 1. The molecule has 1 aromatic carbocycles. The lowest BCUT2D eigenvalue weighted by Gasteiger charge is -2.08. The van der Waals surface area contributed by atoms with Gasteiger partial charge < -0.3 is 5.73 Å². The highest BCUT2D eigenvalue weighted by Crippen LogP contribution is 2.21. The van der Waals surface area contributed by atoms with Crippen LogP contribution in [0, 0.1) is 12.7 Å². The number of pyridine rings is 1. The van der Waals surface area contributed by atoms with E-state index in [-0.39, 0.29) is 16.5 Å². The third-order valence-corrected chi connectivity index (χ3v) is 4.37. The maximum absolute atomic E-state index is 13.0. The average Bonchev–Trinajstić information content (AvgIpc) is 2.33. The molecule has 2 aromatic rings. The lowest BCUT2D eigenvalue weighted by Crippen LogP contribution is -2.10. The van der Waals surface area contributed by atoms with Gasteiger partial charge in [0.25, 0.3) is 0 Å². The van der Waals surface area contributed by atoms with Gasteiger partial charge in [0.15, 0.2) is 5.03 Å². The Labute approximate surface area is 111 Å². The molecule has 0 aliphatic carbocycles. The van der Waals surface area contributed by atoms with E-state index in [0.29, 0.717) is 11.1 Å². The Balaban J connectivity index is 2.40. The largest absolute Gasteiger partial charge is 0.396 e. The fourth-order valence-corrected chi connectivity index (χ4v) is 3.28. The first kappa shape index (κ1) is 13.5. The molecular weight excluding hydrogens is 267 g/mol. The van der Waals surface area contributed by atoms with Crippen LogP contribution >= 0.6 is 0 Å². The first-order valence-electron chi connectivity index (χ1n) is 5.58. The van der Waals surface area contributed by atoms with Gasteiger partial charge in [-0.3, -0.25) is 0 Å². The van der Waals surface area contributed by atoms with Gasteiger partial charge in [0.05, 0.1) is 11.4 Å². The molecule has 6 heteroatoms. The number of anilines is 1.